The van der Waals surface area contributed by atoms with Crippen LogP contribution in [0.5, 0.6) is 0 Å². The van der Waals surface area contributed by atoms with Crippen LogP contribution in [0.1, 0.15) is 5.69 Å². The third kappa shape index (κ3) is 3.23. The smallest absolute Gasteiger partial charge is 0.230 e. The van der Waals surface area contributed by atoms with Gasteiger partial charge in [0.15, 0.2) is 0 Å². The van der Waals surface area contributed by atoms with Crippen LogP contribution in [0.15, 0.2) is 60.7 Å². The number of carbonyl (C=O) groups is 1. The molecule has 0 atom stereocenters. The molecule has 1 amide bonds. The van der Waals surface area contributed by atoms with Crippen LogP contribution in [0, 0.1) is 5.82 Å². The van der Waals surface area contributed by atoms with E-state index in [-0.39, 0.29) is 18.1 Å². The number of benzene rings is 2. The summed E-state index contributed by atoms with van der Waals surface area (Å²) < 4.78 is 13.1. The predicted molar refractivity (Wildman–Crippen MR) is 80.5 cm³/mol. The minimum absolute atomic E-state index is 0.129. The summed E-state index contributed by atoms with van der Waals surface area (Å²) in [5.41, 5.74) is 2.09. The Morgan fingerprint density at radius 2 is 1.86 bits per heavy atom. The van der Waals surface area contributed by atoms with Gasteiger partial charge in [0.25, 0.3) is 0 Å². The van der Waals surface area contributed by atoms with E-state index in [0.717, 1.165) is 11.1 Å². The Labute approximate surface area is 121 Å². The lowest BCUT2D eigenvalue weighted by Crippen LogP contribution is -2.15. The number of para-hydroxylation sites is 1. The first kappa shape index (κ1) is 13.2. The molecular formula is C17H13FN2O. The molecule has 4 heteroatoms. The first-order chi connectivity index (χ1) is 10.2. The Kier molecular flexibility index (Phi) is 3.60. The lowest BCUT2D eigenvalue weighted by molar-refractivity contribution is -0.115. The maximum Gasteiger partial charge on any atom is 0.230 e. The normalized spacial score (nSPS) is 10.5. The van der Waals surface area contributed by atoms with Crippen molar-refractivity contribution in [2.45, 2.75) is 6.42 Å². The fraction of sp³-hybridized carbons (Fsp3) is 0.0588. The van der Waals surface area contributed by atoms with Gasteiger partial charge in [-0.15, -0.1) is 0 Å². The molecular weight excluding hydrogens is 267 g/mol. The molecule has 1 heterocycles. The minimum atomic E-state index is -0.293. The number of nitrogens with zero attached hydrogens (tertiary/aromatic N) is 1. The molecule has 1 N–H and O–H groups in total. The molecule has 3 aromatic rings. The zero-order chi connectivity index (χ0) is 14.7. The van der Waals surface area contributed by atoms with Gasteiger partial charge in [-0.1, -0.05) is 24.3 Å². The van der Waals surface area contributed by atoms with Crippen molar-refractivity contribution in [1.82, 2.24) is 4.98 Å². The highest BCUT2D eigenvalue weighted by molar-refractivity contribution is 5.92. The summed E-state index contributed by atoms with van der Waals surface area (Å²) in [6, 6.07) is 17.2. The van der Waals surface area contributed by atoms with Crippen molar-refractivity contribution in [3.63, 3.8) is 0 Å². The van der Waals surface area contributed by atoms with Crippen LogP contribution >= 0.6 is 0 Å². The van der Waals surface area contributed by atoms with Gasteiger partial charge in [-0.25, -0.2) is 4.39 Å². The first-order valence-electron chi connectivity index (χ1n) is 6.61. The maximum atomic E-state index is 13.1. The summed E-state index contributed by atoms with van der Waals surface area (Å²) in [6.45, 7) is 0. The Hall–Kier alpha value is -2.75. The molecule has 0 bridgehead atoms. The van der Waals surface area contributed by atoms with E-state index < -0.39 is 0 Å². The molecule has 0 radical (unpaired) electrons. The van der Waals surface area contributed by atoms with E-state index in [1.165, 1.54) is 12.1 Å². The zero-order valence-electron chi connectivity index (χ0n) is 11.2. The number of anilines is 1. The molecule has 0 saturated heterocycles. The van der Waals surface area contributed by atoms with E-state index in [2.05, 4.69) is 10.3 Å². The van der Waals surface area contributed by atoms with E-state index in [0.29, 0.717) is 11.2 Å². The van der Waals surface area contributed by atoms with E-state index in [1.54, 1.807) is 18.2 Å². The monoisotopic (exact) mass is 280 g/mol. The van der Waals surface area contributed by atoms with Crippen LogP contribution in [0.25, 0.3) is 10.9 Å². The average Bonchev–Trinajstić information content (AvgIpc) is 2.48. The highest BCUT2D eigenvalue weighted by atomic mass is 19.1. The molecule has 21 heavy (non-hydrogen) atoms. The fourth-order valence-electron chi connectivity index (χ4n) is 2.13. The van der Waals surface area contributed by atoms with Crippen molar-refractivity contribution in [2.75, 3.05) is 5.32 Å². The molecule has 0 spiro atoms. The number of rotatable bonds is 3. The Morgan fingerprint density at radius 3 is 2.67 bits per heavy atom. The fourth-order valence-corrected chi connectivity index (χ4v) is 2.13. The number of fused-ring (bicyclic) bond motifs is 1. The highest BCUT2D eigenvalue weighted by Gasteiger charge is 2.06. The van der Waals surface area contributed by atoms with Gasteiger partial charge in [-0.3, -0.25) is 9.78 Å². The molecule has 0 aliphatic heterocycles. The topological polar surface area (TPSA) is 42.0 Å². The van der Waals surface area contributed by atoms with E-state index in [4.69, 9.17) is 0 Å². The van der Waals surface area contributed by atoms with Crippen molar-refractivity contribution in [3.05, 3.63) is 72.2 Å². The van der Waals surface area contributed by atoms with Crippen molar-refractivity contribution in [2.24, 2.45) is 0 Å². The second-order valence-corrected chi connectivity index (χ2v) is 4.73. The summed E-state index contributed by atoms with van der Waals surface area (Å²) in [4.78, 5) is 16.3. The number of aromatic nitrogens is 1. The molecule has 2 aromatic carbocycles. The van der Waals surface area contributed by atoms with Gasteiger partial charge in [-0.05, 0) is 36.4 Å². The van der Waals surface area contributed by atoms with Gasteiger partial charge in [0.2, 0.25) is 5.91 Å². The second kappa shape index (κ2) is 5.71. The van der Waals surface area contributed by atoms with Gasteiger partial charge in [0.1, 0.15) is 5.82 Å². The van der Waals surface area contributed by atoms with Crippen LogP contribution in [0.3, 0.4) is 0 Å². The number of nitrogens with one attached hydrogen (secondary N) is 1. The van der Waals surface area contributed by atoms with Crippen molar-refractivity contribution < 1.29 is 9.18 Å². The number of carbonyl (C=O) groups excluding carboxylic acids is 1. The summed E-state index contributed by atoms with van der Waals surface area (Å²) in [7, 11) is 0. The second-order valence-electron chi connectivity index (χ2n) is 4.73. The number of amides is 1. The third-order valence-electron chi connectivity index (χ3n) is 3.11. The standard InChI is InChI=1S/C17H13FN2O/c18-13-7-9-16-12(10-13)6-8-15(19-16)11-17(21)20-14-4-2-1-3-5-14/h1-10H,11H2,(H,20,21). The highest BCUT2D eigenvalue weighted by Crippen LogP contribution is 2.15. The average molecular weight is 280 g/mol. The van der Waals surface area contributed by atoms with Crippen LogP contribution in [-0.2, 0) is 11.2 Å². The lowest BCUT2D eigenvalue weighted by atomic mass is 10.1. The number of pyridine rings is 1. The molecule has 0 unspecified atom stereocenters. The van der Waals surface area contributed by atoms with E-state index in [1.807, 2.05) is 30.3 Å². The summed E-state index contributed by atoms with van der Waals surface area (Å²) in [5, 5.41) is 3.53. The number of hydrogen-bond acceptors (Lipinski definition) is 2. The number of halogens is 1. The zero-order valence-corrected chi connectivity index (χ0v) is 11.2. The minimum Gasteiger partial charge on any atom is -0.326 e. The van der Waals surface area contributed by atoms with Gasteiger partial charge in [0.05, 0.1) is 17.6 Å². The maximum absolute atomic E-state index is 13.1. The molecule has 1 aromatic heterocycles. The predicted octanol–water partition coefficient (Wildman–Crippen LogP) is 3.56. The molecule has 104 valence electrons. The quantitative estimate of drug-likeness (QED) is 0.797. The third-order valence-corrected chi connectivity index (χ3v) is 3.11. The van der Waals surface area contributed by atoms with E-state index >= 15 is 0 Å². The van der Waals surface area contributed by atoms with Gasteiger partial charge < -0.3 is 5.32 Å². The van der Waals surface area contributed by atoms with Gasteiger partial charge in [0, 0.05) is 11.1 Å². The van der Waals surface area contributed by atoms with Gasteiger partial charge in [-0.2, -0.15) is 0 Å². The van der Waals surface area contributed by atoms with Crippen LogP contribution in [-0.4, -0.2) is 10.9 Å². The molecule has 0 fully saturated rings. The molecule has 3 nitrogen and oxygen atoms in total. The van der Waals surface area contributed by atoms with Crippen LogP contribution in [0.4, 0.5) is 10.1 Å². The van der Waals surface area contributed by atoms with E-state index in [9.17, 15) is 9.18 Å². The van der Waals surface area contributed by atoms with Crippen LogP contribution in [0.2, 0.25) is 0 Å². The largest absolute Gasteiger partial charge is 0.326 e. The Balaban J connectivity index is 1.75. The molecule has 0 saturated carbocycles. The summed E-state index contributed by atoms with van der Waals surface area (Å²) in [5.74, 6) is -0.422. The van der Waals surface area contributed by atoms with Crippen LogP contribution < -0.4 is 5.32 Å². The molecule has 3 rings (SSSR count). The lowest BCUT2D eigenvalue weighted by Gasteiger charge is -2.05. The molecule has 0 aliphatic carbocycles. The van der Waals surface area contributed by atoms with Crippen molar-refractivity contribution in [1.29, 1.82) is 0 Å². The molecule has 0 aliphatic rings. The Morgan fingerprint density at radius 1 is 1.05 bits per heavy atom. The Bertz CT molecular complexity index is 787. The van der Waals surface area contributed by atoms with Crippen molar-refractivity contribution >= 4 is 22.5 Å². The SMILES string of the molecule is O=C(Cc1ccc2cc(F)ccc2n1)Nc1ccccc1. The summed E-state index contributed by atoms with van der Waals surface area (Å²) >= 11 is 0. The first-order valence-corrected chi connectivity index (χ1v) is 6.61. The summed E-state index contributed by atoms with van der Waals surface area (Å²) in [6.07, 6.45) is 0.183. The van der Waals surface area contributed by atoms with Gasteiger partial charge >= 0.3 is 0 Å². The van der Waals surface area contributed by atoms with Crippen molar-refractivity contribution in [3.8, 4) is 0 Å². The number of hydrogen-bond donors (Lipinski definition) is 1.